The van der Waals surface area contributed by atoms with Gasteiger partial charge in [-0.2, -0.15) is 0 Å². The Labute approximate surface area is 181 Å². The molecule has 1 saturated carbocycles. The molecule has 7 heteroatoms. The van der Waals surface area contributed by atoms with Gasteiger partial charge in [0.1, 0.15) is 18.1 Å². The lowest BCUT2D eigenvalue weighted by Crippen LogP contribution is -2.40. The molecule has 164 valence electrons. The Morgan fingerprint density at radius 3 is 2.42 bits per heavy atom. The number of carbonyl (C=O) groups is 1. The molecule has 1 aliphatic carbocycles. The van der Waals surface area contributed by atoms with Crippen molar-refractivity contribution >= 4 is 6.09 Å². The average molecular weight is 424 g/mol. The summed E-state index contributed by atoms with van der Waals surface area (Å²) in [5.41, 5.74) is 2.51. The smallest absolute Gasteiger partial charge is 0.410 e. The highest BCUT2D eigenvalue weighted by atomic mass is 16.6. The molecule has 3 aliphatic rings. The second-order valence-corrected chi connectivity index (χ2v) is 8.81. The van der Waals surface area contributed by atoms with Gasteiger partial charge in [0.2, 0.25) is 11.2 Å². The van der Waals surface area contributed by atoms with Gasteiger partial charge in [-0.05, 0) is 42.7 Å². The standard InChI is InChI=1S/C24H28N2O5/c27-22-11-21(14-25-12-18-3-1-2-4-19(18)13-25)29-16-23(22)30-15-17-7-9-26(10-8-17)24(28)31-20-5-6-20/h1-4,11,16-17,20H,5-10,12-15H2. The van der Waals surface area contributed by atoms with Crippen LogP contribution in [0.25, 0.3) is 0 Å². The van der Waals surface area contributed by atoms with Crippen molar-refractivity contribution in [2.45, 2.75) is 51.4 Å². The molecular weight excluding hydrogens is 396 g/mol. The fourth-order valence-electron chi connectivity index (χ4n) is 4.26. The molecule has 2 aliphatic heterocycles. The topological polar surface area (TPSA) is 72.2 Å². The molecule has 0 spiro atoms. The molecular formula is C24H28N2O5. The van der Waals surface area contributed by atoms with Crippen molar-refractivity contribution in [3.05, 3.63) is 63.7 Å². The van der Waals surface area contributed by atoms with Crippen LogP contribution in [0.4, 0.5) is 4.79 Å². The molecule has 7 nitrogen and oxygen atoms in total. The minimum Gasteiger partial charge on any atom is -0.486 e. The summed E-state index contributed by atoms with van der Waals surface area (Å²) < 4.78 is 16.8. The van der Waals surface area contributed by atoms with E-state index in [-0.39, 0.29) is 23.4 Å². The van der Waals surface area contributed by atoms with E-state index in [1.807, 2.05) is 0 Å². The lowest BCUT2D eigenvalue weighted by molar-refractivity contribution is 0.0756. The van der Waals surface area contributed by atoms with Crippen LogP contribution in [0.15, 0.2) is 45.8 Å². The number of hydrogen-bond acceptors (Lipinski definition) is 6. The van der Waals surface area contributed by atoms with E-state index in [4.69, 9.17) is 13.9 Å². The number of nitrogens with zero attached hydrogens (tertiary/aromatic N) is 2. The Morgan fingerprint density at radius 1 is 1.06 bits per heavy atom. The van der Waals surface area contributed by atoms with E-state index in [1.165, 1.54) is 23.5 Å². The maximum Gasteiger partial charge on any atom is 0.410 e. The van der Waals surface area contributed by atoms with Gasteiger partial charge in [0.05, 0.1) is 13.2 Å². The molecule has 1 amide bonds. The first-order valence-corrected chi connectivity index (χ1v) is 11.1. The van der Waals surface area contributed by atoms with Gasteiger partial charge in [-0.15, -0.1) is 0 Å². The first-order chi connectivity index (χ1) is 15.1. The zero-order chi connectivity index (χ0) is 21.2. The fraction of sp³-hybridized carbons (Fsp3) is 0.500. The van der Waals surface area contributed by atoms with Crippen molar-refractivity contribution in [2.24, 2.45) is 5.92 Å². The van der Waals surface area contributed by atoms with Crippen LogP contribution < -0.4 is 10.2 Å². The molecule has 0 bridgehead atoms. The highest BCUT2D eigenvalue weighted by molar-refractivity contribution is 5.68. The Hall–Kier alpha value is -2.80. The first-order valence-electron chi connectivity index (χ1n) is 11.1. The number of carbonyl (C=O) groups excluding carboxylic acids is 1. The summed E-state index contributed by atoms with van der Waals surface area (Å²) in [7, 11) is 0. The lowest BCUT2D eigenvalue weighted by atomic mass is 9.98. The third-order valence-electron chi connectivity index (χ3n) is 6.28. The van der Waals surface area contributed by atoms with Crippen molar-refractivity contribution in [3.63, 3.8) is 0 Å². The van der Waals surface area contributed by atoms with Crippen molar-refractivity contribution in [3.8, 4) is 5.75 Å². The van der Waals surface area contributed by atoms with Gasteiger partial charge >= 0.3 is 6.09 Å². The van der Waals surface area contributed by atoms with Gasteiger partial charge in [-0.3, -0.25) is 9.69 Å². The van der Waals surface area contributed by atoms with Crippen LogP contribution in [-0.2, 0) is 24.4 Å². The van der Waals surface area contributed by atoms with E-state index in [0.717, 1.165) is 38.8 Å². The number of rotatable bonds is 6. The number of fused-ring (bicyclic) bond motifs is 1. The Morgan fingerprint density at radius 2 is 1.77 bits per heavy atom. The highest BCUT2D eigenvalue weighted by Crippen LogP contribution is 2.26. The van der Waals surface area contributed by atoms with Gasteiger partial charge < -0.3 is 18.8 Å². The summed E-state index contributed by atoms with van der Waals surface area (Å²) in [5, 5.41) is 0. The second kappa shape index (κ2) is 8.75. The van der Waals surface area contributed by atoms with Crippen molar-refractivity contribution in [2.75, 3.05) is 19.7 Å². The maximum atomic E-state index is 12.5. The molecule has 0 N–H and O–H groups in total. The summed E-state index contributed by atoms with van der Waals surface area (Å²) in [6.07, 6.45) is 5.04. The van der Waals surface area contributed by atoms with E-state index < -0.39 is 0 Å². The quantitative estimate of drug-likeness (QED) is 0.706. The zero-order valence-corrected chi connectivity index (χ0v) is 17.6. The van der Waals surface area contributed by atoms with Crippen LogP contribution in [-0.4, -0.2) is 41.7 Å². The Balaban J connectivity index is 1.09. The van der Waals surface area contributed by atoms with Crippen molar-refractivity contribution in [1.29, 1.82) is 0 Å². The number of amides is 1. The van der Waals surface area contributed by atoms with Crippen LogP contribution in [0.5, 0.6) is 5.75 Å². The van der Waals surface area contributed by atoms with Gasteiger partial charge in [-0.25, -0.2) is 4.79 Å². The molecule has 1 saturated heterocycles. The van der Waals surface area contributed by atoms with Crippen molar-refractivity contribution < 1.29 is 18.7 Å². The average Bonchev–Trinajstić information content (AvgIpc) is 3.49. The molecule has 5 rings (SSSR count). The number of ether oxygens (including phenoxy) is 2. The second-order valence-electron chi connectivity index (χ2n) is 8.81. The number of hydrogen-bond donors (Lipinski definition) is 0. The van der Waals surface area contributed by atoms with E-state index in [0.29, 0.717) is 37.9 Å². The maximum absolute atomic E-state index is 12.5. The van der Waals surface area contributed by atoms with E-state index in [9.17, 15) is 9.59 Å². The summed E-state index contributed by atoms with van der Waals surface area (Å²) in [5.74, 6) is 1.21. The number of likely N-dealkylation sites (tertiary alicyclic amines) is 1. The minimum atomic E-state index is -0.195. The molecule has 0 unspecified atom stereocenters. The molecule has 0 radical (unpaired) electrons. The predicted octanol–water partition coefficient (Wildman–Crippen LogP) is 3.55. The molecule has 1 aromatic carbocycles. The van der Waals surface area contributed by atoms with Crippen LogP contribution >= 0.6 is 0 Å². The molecule has 3 heterocycles. The van der Waals surface area contributed by atoms with E-state index >= 15 is 0 Å². The highest BCUT2D eigenvalue weighted by Gasteiger charge is 2.30. The zero-order valence-electron chi connectivity index (χ0n) is 17.6. The molecule has 31 heavy (non-hydrogen) atoms. The van der Waals surface area contributed by atoms with Crippen LogP contribution in [0.2, 0.25) is 0 Å². The molecule has 2 aromatic rings. The summed E-state index contributed by atoms with van der Waals surface area (Å²) in [6.45, 7) is 4.13. The van der Waals surface area contributed by atoms with Crippen LogP contribution in [0.3, 0.4) is 0 Å². The number of benzene rings is 1. The summed E-state index contributed by atoms with van der Waals surface area (Å²) >= 11 is 0. The molecule has 0 atom stereocenters. The SMILES string of the molecule is O=C(OC1CC1)N1CCC(COc2coc(CN3Cc4ccccc4C3)cc2=O)CC1. The summed E-state index contributed by atoms with van der Waals surface area (Å²) in [6, 6.07) is 9.93. The van der Waals surface area contributed by atoms with Gasteiger partial charge in [-0.1, -0.05) is 24.3 Å². The van der Waals surface area contributed by atoms with Crippen molar-refractivity contribution in [1.82, 2.24) is 9.80 Å². The van der Waals surface area contributed by atoms with Gasteiger partial charge in [0.25, 0.3) is 0 Å². The normalized spacial score (nSPS) is 19.3. The molecule has 1 aromatic heterocycles. The largest absolute Gasteiger partial charge is 0.486 e. The minimum absolute atomic E-state index is 0.136. The third-order valence-corrected chi connectivity index (χ3v) is 6.28. The van der Waals surface area contributed by atoms with Crippen LogP contribution in [0, 0.1) is 5.92 Å². The number of piperidine rings is 1. The predicted molar refractivity (Wildman–Crippen MR) is 114 cm³/mol. The van der Waals surface area contributed by atoms with Gasteiger partial charge in [0.15, 0.2) is 0 Å². The Kier molecular flexibility index (Phi) is 5.68. The first kappa shape index (κ1) is 20.1. The van der Waals surface area contributed by atoms with E-state index in [2.05, 4.69) is 29.2 Å². The monoisotopic (exact) mass is 424 g/mol. The fourth-order valence-corrected chi connectivity index (χ4v) is 4.26. The Bertz CT molecular complexity index is 966. The van der Waals surface area contributed by atoms with E-state index in [1.54, 1.807) is 4.90 Å². The van der Waals surface area contributed by atoms with Crippen LogP contribution in [0.1, 0.15) is 42.6 Å². The summed E-state index contributed by atoms with van der Waals surface area (Å²) in [4.78, 5) is 28.5. The lowest BCUT2D eigenvalue weighted by Gasteiger charge is -2.31. The van der Waals surface area contributed by atoms with Gasteiger partial charge in [0, 0.05) is 32.2 Å². The third kappa shape index (κ3) is 4.93. The molecule has 2 fully saturated rings.